The van der Waals surface area contributed by atoms with Crippen molar-refractivity contribution >= 4 is 55.7 Å². The number of nitrogens with one attached hydrogen (secondary N) is 2. The monoisotopic (exact) mass is 488 g/mol. The second kappa shape index (κ2) is 9.27. The summed E-state index contributed by atoms with van der Waals surface area (Å²) in [6, 6.07) is 8.38. The number of hydrogen-bond donors (Lipinski definition) is 2. The summed E-state index contributed by atoms with van der Waals surface area (Å²) in [7, 11) is 2.12. The Labute approximate surface area is 207 Å². The molecule has 1 aromatic carbocycles. The first-order chi connectivity index (χ1) is 17.1. The summed E-state index contributed by atoms with van der Waals surface area (Å²) in [5.74, 6) is 0.765. The Kier molecular flexibility index (Phi) is 5.83. The van der Waals surface area contributed by atoms with Crippen molar-refractivity contribution in [2.24, 2.45) is 0 Å². The largest absolute Gasteiger partial charge is 0.340 e. The van der Waals surface area contributed by atoms with Crippen LogP contribution in [0.2, 0.25) is 0 Å². The lowest BCUT2D eigenvalue weighted by molar-refractivity contribution is 0.159. The fraction of sp³-hybridized carbons (Fsp3) is 0.360. The van der Waals surface area contributed by atoms with Crippen LogP contribution in [0.1, 0.15) is 18.5 Å². The molecule has 6 rings (SSSR count). The molecule has 0 radical (unpaired) electrons. The van der Waals surface area contributed by atoms with E-state index in [0.29, 0.717) is 6.54 Å². The predicted octanol–water partition coefficient (Wildman–Crippen LogP) is 4.16. The maximum absolute atomic E-state index is 13.0. The second-order valence-electron chi connectivity index (χ2n) is 9.18. The van der Waals surface area contributed by atoms with Gasteiger partial charge in [0.15, 0.2) is 0 Å². The van der Waals surface area contributed by atoms with E-state index in [0.717, 1.165) is 84.0 Å². The average molecular weight is 489 g/mol. The lowest BCUT2D eigenvalue weighted by Crippen LogP contribution is -2.46. The number of carbonyl (C=O) groups excluding carboxylic acids is 1. The van der Waals surface area contributed by atoms with E-state index < -0.39 is 0 Å². The standard InChI is InChI=1S/C25H28N8OS/c1-31-7-2-8-32(12-11-31)25(34)33-9-5-17(6-10-33)21-14-19-23(26-15-27-24(19)30-21)29-18-3-4-20-22(13-18)35-16-28-20/h3-5,13-16H,2,6-12H2,1H3,(H2,26,27,29,30). The summed E-state index contributed by atoms with van der Waals surface area (Å²) < 4.78 is 1.13. The highest BCUT2D eigenvalue weighted by atomic mass is 32.1. The van der Waals surface area contributed by atoms with Crippen LogP contribution in [0, 0.1) is 0 Å². The third-order valence-electron chi connectivity index (χ3n) is 6.84. The number of carbonyl (C=O) groups is 1. The van der Waals surface area contributed by atoms with Gasteiger partial charge in [-0.25, -0.2) is 19.7 Å². The first-order valence-electron chi connectivity index (χ1n) is 12.0. The SMILES string of the molecule is CN1CCCN(C(=O)N2CC=C(c3cc4c(Nc5ccc6ncsc6c5)ncnc4[nH]3)CC2)CC1. The number of aromatic nitrogens is 4. The zero-order chi connectivity index (χ0) is 23.8. The summed E-state index contributed by atoms with van der Waals surface area (Å²) in [5, 5.41) is 4.38. The first kappa shape index (κ1) is 22.0. The van der Waals surface area contributed by atoms with Gasteiger partial charge in [0, 0.05) is 44.1 Å². The molecule has 2 aliphatic heterocycles. The van der Waals surface area contributed by atoms with Crippen LogP contribution in [0.25, 0.3) is 26.8 Å². The molecule has 0 unspecified atom stereocenters. The molecule has 9 nitrogen and oxygen atoms in total. The molecule has 0 spiro atoms. The van der Waals surface area contributed by atoms with Gasteiger partial charge in [0.1, 0.15) is 17.8 Å². The molecular formula is C25H28N8OS. The smallest absolute Gasteiger partial charge is 0.320 e. The normalized spacial score (nSPS) is 17.6. The molecule has 10 heteroatoms. The summed E-state index contributed by atoms with van der Waals surface area (Å²) in [4.78, 5) is 36.0. The molecular weight excluding hydrogens is 460 g/mol. The van der Waals surface area contributed by atoms with Gasteiger partial charge in [0.05, 0.1) is 21.1 Å². The van der Waals surface area contributed by atoms with E-state index in [9.17, 15) is 4.79 Å². The number of likely N-dealkylation sites (N-methyl/N-ethyl adjacent to an activating group) is 1. The third kappa shape index (κ3) is 4.46. The molecule has 1 fully saturated rings. The molecule has 2 N–H and O–H groups in total. The Hall–Kier alpha value is -3.50. The number of amides is 2. The van der Waals surface area contributed by atoms with Gasteiger partial charge in [0.2, 0.25) is 0 Å². The molecule has 2 amide bonds. The Bertz CT molecular complexity index is 1410. The van der Waals surface area contributed by atoms with Crippen LogP contribution in [-0.2, 0) is 0 Å². The number of fused-ring (bicyclic) bond motifs is 2. The van der Waals surface area contributed by atoms with Crippen LogP contribution >= 0.6 is 11.3 Å². The van der Waals surface area contributed by atoms with Crippen LogP contribution in [0.3, 0.4) is 0 Å². The fourth-order valence-electron chi connectivity index (χ4n) is 4.81. The molecule has 5 heterocycles. The van der Waals surface area contributed by atoms with Gasteiger partial charge in [-0.2, -0.15) is 0 Å². The van der Waals surface area contributed by atoms with Crippen LogP contribution in [0.4, 0.5) is 16.3 Å². The Morgan fingerprint density at radius 2 is 2.00 bits per heavy atom. The van der Waals surface area contributed by atoms with E-state index >= 15 is 0 Å². The van der Waals surface area contributed by atoms with E-state index in [2.05, 4.69) is 55.4 Å². The topological polar surface area (TPSA) is 93.3 Å². The van der Waals surface area contributed by atoms with Crippen LogP contribution < -0.4 is 5.32 Å². The van der Waals surface area contributed by atoms with Gasteiger partial charge in [-0.15, -0.1) is 11.3 Å². The Balaban J connectivity index is 1.18. The van der Waals surface area contributed by atoms with Crippen molar-refractivity contribution in [1.29, 1.82) is 0 Å². The highest BCUT2D eigenvalue weighted by Gasteiger charge is 2.25. The van der Waals surface area contributed by atoms with E-state index in [1.54, 1.807) is 17.7 Å². The van der Waals surface area contributed by atoms with Crippen molar-refractivity contribution in [3.05, 3.63) is 47.9 Å². The van der Waals surface area contributed by atoms with Crippen molar-refractivity contribution in [2.75, 3.05) is 51.6 Å². The minimum atomic E-state index is 0.155. The van der Waals surface area contributed by atoms with E-state index in [1.807, 2.05) is 27.4 Å². The number of nitrogens with zero attached hydrogens (tertiary/aromatic N) is 6. The van der Waals surface area contributed by atoms with Gasteiger partial charge < -0.3 is 25.0 Å². The van der Waals surface area contributed by atoms with E-state index in [1.165, 1.54) is 5.57 Å². The molecule has 0 bridgehead atoms. The highest BCUT2D eigenvalue weighted by molar-refractivity contribution is 7.16. The number of rotatable bonds is 3. The molecule has 35 heavy (non-hydrogen) atoms. The lowest BCUT2D eigenvalue weighted by Gasteiger charge is -2.32. The number of urea groups is 1. The number of thiazole rings is 1. The predicted molar refractivity (Wildman–Crippen MR) is 140 cm³/mol. The van der Waals surface area contributed by atoms with Gasteiger partial charge >= 0.3 is 6.03 Å². The van der Waals surface area contributed by atoms with Gasteiger partial charge in [-0.1, -0.05) is 6.08 Å². The number of anilines is 2. The van der Waals surface area contributed by atoms with Crippen molar-refractivity contribution < 1.29 is 4.79 Å². The third-order valence-corrected chi connectivity index (χ3v) is 7.63. The number of benzene rings is 1. The number of H-pyrrole nitrogens is 1. The summed E-state index contributed by atoms with van der Waals surface area (Å²) >= 11 is 1.62. The summed E-state index contributed by atoms with van der Waals surface area (Å²) in [6.45, 7) is 4.97. The van der Waals surface area contributed by atoms with Gasteiger partial charge in [-0.05, 0) is 56.3 Å². The molecule has 4 aromatic rings. The van der Waals surface area contributed by atoms with Crippen LogP contribution in [0.5, 0.6) is 0 Å². The molecule has 1 saturated heterocycles. The van der Waals surface area contributed by atoms with Crippen molar-refractivity contribution in [3.8, 4) is 0 Å². The fourth-order valence-corrected chi connectivity index (χ4v) is 5.52. The average Bonchev–Trinajstić information content (AvgIpc) is 3.47. The van der Waals surface area contributed by atoms with Crippen molar-refractivity contribution in [3.63, 3.8) is 0 Å². The first-order valence-corrected chi connectivity index (χ1v) is 12.9. The summed E-state index contributed by atoms with van der Waals surface area (Å²) in [6.07, 6.45) is 5.57. The maximum atomic E-state index is 13.0. The Morgan fingerprint density at radius 1 is 1.06 bits per heavy atom. The lowest BCUT2D eigenvalue weighted by atomic mass is 10.0. The highest BCUT2D eigenvalue weighted by Crippen LogP contribution is 2.30. The second-order valence-corrected chi connectivity index (χ2v) is 10.1. The zero-order valence-electron chi connectivity index (χ0n) is 19.7. The minimum absolute atomic E-state index is 0.155. The molecule has 2 aliphatic rings. The molecule has 3 aromatic heterocycles. The van der Waals surface area contributed by atoms with Crippen LogP contribution in [-0.4, -0.2) is 87.0 Å². The molecule has 0 atom stereocenters. The van der Waals surface area contributed by atoms with Crippen LogP contribution in [0.15, 0.2) is 42.2 Å². The van der Waals surface area contributed by atoms with E-state index in [-0.39, 0.29) is 6.03 Å². The zero-order valence-corrected chi connectivity index (χ0v) is 20.5. The quantitative estimate of drug-likeness (QED) is 0.450. The van der Waals surface area contributed by atoms with Crippen molar-refractivity contribution in [2.45, 2.75) is 12.8 Å². The van der Waals surface area contributed by atoms with Gasteiger partial charge in [-0.3, -0.25) is 0 Å². The van der Waals surface area contributed by atoms with Gasteiger partial charge in [0.25, 0.3) is 0 Å². The molecule has 180 valence electrons. The minimum Gasteiger partial charge on any atom is -0.340 e. The maximum Gasteiger partial charge on any atom is 0.320 e. The van der Waals surface area contributed by atoms with Crippen molar-refractivity contribution in [1.82, 2.24) is 34.6 Å². The number of aromatic amines is 1. The molecule has 0 saturated carbocycles. The Morgan fingerprint density at radius 3 is 2.89 bits per heavy atom. The molecule has 0 aliphatic carbocycles. The number of hydrogen-bond acceptors (Lipinski definition) is 7. The summed E-state index contributed by atoms with van der Waals surface area (Å²) in [5.41, 5.74) is 6.86. The van der Waals surface area contributed by atoms with E-state index in [4.69, 9.17) is 0 Å².